The molecular weight excluding hydrogens is 348 g/mol. The van der Waals surface area contributed by atoms with Crippen LogP contribution in [0.3, 0.4) is 0 Å². The lowest BCUT2D eigenvalue weighted by atomic mass is 10.1. The summed E-state index contributed by atoms with van der Waals surface area (Å²) in [5.74, 6) is -1.65. The molecule has 0 saturated heterocycles. The average Bonchev–Trinajstić information content (AvgIpc) is 2.25. The molecule has 0 N–H and O–H groups in total. The van der Waals surface area contributed by atoms with Gasteiger partial charge in [-0.05, 0) is 6.07 Å². The number of aromatic nitrogens is 1. The summed E-state index contributed by atoms with van der Waals surface area (Å²) in [5, 5.41) is -0.163. The Balaban J connectivity index is 3.51. The normalized spacial score (nSPS) is 12.4. The van der Waals surface area contributed by atoms with Gasteiger partial charge in [0.05, 0.1) is 5.69 Å². The van der Waals surface area contributed by atoms with Crippen LogP contribution in [0.2, 0.25) is 0 Å². The maximum absolute atomic E-state index is 12.6. The van der Waals surface area contributed by atoms with Crippen LogP contribution in [0, 0.1) is 0 Å². The molecule has 1 rings (SSSR count). The molecule has 10 heteroatoms. The van der Waals surface area contributed by atoms with E-state index in [1.807, 2.05) is 0 Å². The Morgan fingerprint density at radius 2 is 1.84 bits per heavy atom. The molecule has 0 unspecified atom stereocenters. The van der Waals surface area contributed by atoms with Gasteiger partial charge in [0, 0.05) is 5.33 Å². The van der Waals surface area contributed by atoms with Crippen LogP contribution in [-0.4, -0.2) is 17.6 Å². The van der Waals surface area contributed by atoms with Gasteiger partial charge in [-0.15, -0.1) is 13.2 Å². The SMILES string of the molecule is O=Cc1nc(CBr)cc(C(F)(F)F)c1OC(F)(F)F. The number of halogens is 7. The van der Waals surface area contributed by atoms with Crippen LogP contribution in [0.25, 0.3) is 0 Å². The fraction of sp³-hybridized carbons (Fsp3) is 0.333. The number of hydrogen-bond donors (Lipinski definition) is 0. The van der Waals surface area contributed by atoms with Crippen LogP contribution < -0.4 is 4.74 Å². The molecule has 1 heterocycles. The van der Waals surface area contributed by atoms with Crippen LogP contribution >= 0.6 is 15.9 Å². The van der Waals surface area contributed by atoms with Crippen molar-refractivity contribution in [3.05, 3.63) is 23.0 Å². The maximum atomic E-state index is 12.6. The lowest BCUT2D eigenvalue weighted by Gasteiger charge is -2.17. The molecule has 0 atom stereocenters. The van der Waals surface area contributed by atoms with Crippen molar-refractivity contribution in [2.75, 3.05) is 0 Å². The van der Waals surface area contributed by atoms with Crippen molar-refractivity contribution in [1.29, 1.82) is 0 Å². The van der Waals surface area contributed by atoms with Crippen molar-refractivity contribution in [2.45, 2.75) is 17.9 Å². The van der Waals surface area contributed by atoms with Crippen LogP contribution in [0.1, 0.15) is 21.7 Å². The summed E-state index contributed by atoms with van der Waals surface area (Å²) < 4.78 is 77.4. The van der Waals surface area contributed by atoms with Crippen LogP contribution in [0.5, 0.6) is 5.75 Å². The van der Waals surface area contributed by atoms with E-state index in [9.17, 15) is 31.1 Å². The summed E-state index contributed by atoms with van der Waals surface area (Å²) in [6.45, 7) is 0. The molecule has 1 aromatic heterocycles. The first-order valence-electron chi connectivity index (χ1n) is 4.46. The summed E-state index contributed by atoms with van der Waals surface area (Å²) in [5.41, 5.74) is -3.03. The smallest absolute Gasteiger partial charge is 0.403 e. The minimum atomic E-state index is -5.37. The van der Waals surface area contributed by atoms with E-state index >= 15 is 0 Å². The number of pyridine rings is 1. The van der Waals surface area contributed by atoms with Gasteiger partial charge in [0.15, 0.2) is 12.0 Å². The van der Waals surface area contributed by atoms with Crippen LogP contribution in [0.4, 0.5) is 26.3 Å². The third kappa shape index (κ3) is 4.08. The third-order valence-electron chi connectivity index (χ3n) is 1.82. The van der Waals surface area contributed by atoms with Crippen molar-refractivity contribution in [2.24, 2.45) is 0 Å². The van der Waals surface area contributed by atoms with Gasteiger partial charge >= 0.3 is 12.5 Å². The molecule has 0 radical (unpaired) electrons. The fourth-order valence-electron chi connectivity index (χ4n) is 1.19. The molecule has 0 amide bonds. The number of carbonyl (C=O) groups excluding carboxylic acids is 1. The number of carbonyl (C=O) groups is 1. The second-order valence-electron chi connectivity index (χ2n) is 3.17. The van der Waals surface area contributed by atoms with Crippen molar-refractivity contribution >= 4 is 22.2 Å². The topological polar surface area (TPSA) is 39.2 Å². The molecule has 0 fully saturated rings. The number of hydrogen-bond acceptors (Lipinski definition) is 3. The number of aldehydes is 1. The first-order valence-corrected chi connectivity index (χ1v) is 5.58. The Labute approximate surface area is 110 Å². The molecule has 19 heavy (non-hydrogen) atoms. The summed E-state index contributed by atoms with van der Waals surface area (Å²) in [6, 6.07) is 0.378. The van der Waals surface area contributed by atoms with Crippen LogP contribution in [0.15, 0.2) is 6.07 Å². The lowest BCUT2D eigenvalue weighted by molar-refractivity contribution is -0.276. The lowest BCUT2D eigenvalue weighted by Crippen LogP contribution is -2.22. The highest BCUT2D eigenvalue weighted by Gasteiger charge is 2.41. The van der Waals surface area contributed by atoms with E-state index in [-0.39, 0.29) is 17.3 Å². The number of nitrogens with zero attached hydrogens (tertiary/aromatic N) is 1. The average molecular weight is 352 g/mol. The van der Waals surface area contributed by atoms with E-state index in [1.54, 1.807) is 0 Å². The Morgan fingerprint density at radius 3 is 2.21 bits per heavy atom. The predicted molar refractivity (Wildman–Crippen MR) is 53.9 cm³/mol. The quantitative estimate of drug-likeness (QED) is 0.473. The van der Waals surface area contributed by atoms with E-state index in [1.165, 1.54) is 0 Å². The molecular formula is C9H4BrF6NO2. The predicted octanol–water partition coefficient (Wildman–Crippen LogP) is 3.71. The molecule has 0 spiro atoms. The largest absolute Gasteiger partial charge is 0.573 e. The van der Waals surface area contributed by atoms with Crippen molar-refractivity contribution in [3.63, 3.8) is 0 Å². The highest BCUT2D eigenvalue weighted by Crippen LogP contribution is 2.40. The Morgan fingerprint density at radius 1 is 1.26 bits per heavy atom. The van der Waals surface area contributed by atoms with E-state index in [0.29, 0.717) is 6.07 Å². The molecule has 106 valence electrons. The zero-order valence-corrected chi connectivity index (χ0v) is 10.4. The number of alkyl halides is 7. The third-order valence-corrected chi connectivity index (χ3v) is 2.40. The van der Waals surface area contributed by atoms with Gasteiger partial charge in [-0.25, -0.2) is 4.98 Å². The van der Waals surface area contributed by atoms with Gasteiger partial charge in [-0.1, -0.05) is 15.9 Å². The monoisotopic (exact) mass is 351 g/mol. The first-order chi connectivity index (χ1) is 8.58. The van der Waals surface area contributed by atoms with E-state index in [4.69, 9.17) is 0 Å². The first kappa shape index (κ1) is 15.7. The second-order valence-corrected chi connectivity index (χ2v) is 3.73. The Hall–Kier alpha value is -1.32. The number of rotatable bonds is 3. The molecule has 0 aliphatic rings. The Kier molecular flexibility index (Phi) is 4.43. The molecule has 1 aromatic rings. The van der Waals surface area contributed by atoms with Gasteiger partial charge in [0.1, 0.15) is 11.3 Å². The van der Waals surface area contributed by atoms with Crippen molar-refractivity contribution < 1.29 is 35.9 Å². The summed E-state index contributed by atoms with van der Waals surface area (Å²) in [7, 11) is 0. The van der Waals surface area contributed by atoms with E-state index in [0.717, 1.165) is 0 Å². The highest BCUT2D eigenvalue weighted by atomic mass is 79.9. The van der Waals surface area contributed by atoms with Gasteiger partial charge in [0.2, 0.25) is 0 Å². The van der Waals surface area contributed by atoms with Crippen molar-refractivity contribution in [1.82, 2.24) is 4.98 Å². The van der Waals surface area contributed by atoms with Gasteiger partial charge in [-0.2, -0.15) is 13.2 Å². The second kappa shape index (κ2) is 5.35. The van der Waals surface area contributed by atoms with Gasteiger partial charge < -0.3 is 4.74 Å². The molecule has 0 aliphatic carbocycles. The molecule has 3 nitrogen and oxygen atoms in total. The summed E-state index contributed by atoms with van der Waals surface area (Å²) in [4.78, 5) is 13.9. The maximum Gasteiger partial charge on any atom is 0.573 e. The van der Waals surface area contributed by atoms with E-state index in [2.05, 4.69) is 25.7 Å². The van der Waals surface area contributed by atoms with Gasteiger partial charge in [-0.3, -0.25) is 4.79 Å². The molecule has 0 bridgehead atoms. The van der Waals surface area contributed by atoms with Gasteiger partial charge in [0.25, 0.3) is 0 Å². The van der Waals surface area contributed by atoms with Crippen LogP contribution in [-0.2, 0) is 11.5 Å². The number of ether oxygens (including phenoxy) is 1. The zero-order chi connectivity index (χ0) is 14.8. The molecule has 0 saturated carbocycles. The molecule has 0 aliphatic heterocycles. The highest BCUT2D eigenvalue weighted by molar-refractivity contribution is 9.08. The standard InChI is InChI=1S/C9H4BrF6NO2/c10-2-4-1-5(8(11,12)13)7(6(3-18)17-4)19-9(14,15)16/h1,3H,2H2. The summed E-state index contributed by atoms with van der Waals surface area (Å²) >= 11 is 2.80. The van der Waals surface area contributed by atoms with E-state index < -0.39 is 29.5 Å². The molecule has 0 aromatic carbocycles. The fourth-order valence-corrected chi connectivity index (χ4v) is 1.48. The minimum Gasteiger partial charge on any atom is -0.403 e. The summed E-state index contributed by atoms with van der Waals surface area (Å²) in [6.07, 6.45) is -10.7. The van der Waals surface area contributed by atoms with Crippen molar-refractivity contribution in [3.8, 4) is 5.75 Å². The Bertz CT molecular complexity index is 485. The zero-order valence-electron chi connectivity index (χ0n) is 8.77. The minimum absolute atomic E-state index is 0.163.